The molecule has 0 aliphatic rings. The SMILES string of the molecule is CC(C)(C)c1cc2cc(CC(C)(C)c3cc4ccccc4[nH]3)ccc2s1. The average Bonchev–Trinajstić information content (AvgIpc) is 3.18. The molecule has 0 aliphatic carbocycles. The van der Waals surface area contributed by atoms with E-state index < -0.39 is 0 Å². The normalized spacial score (nSPS) is 13.0. The van der Waals surface area contributed by atoms with Crippen LogP contribution in [0, 0.1) is 0 Å². The van der Waals surface area contributed by atoms with E-state index in [4.69, 9.17) is 0 Å². The largest absolute Gasteiger partial charge is 0.358 e. The maximum absolute atomic E-state index is 3.62. The van der Waals surface area contributed by atoms with Crippen LogP contribution in [-0.2, 0) is 17.3 Å². The molecule has 4 rings (SSSR count). The molecule has 0 fully saturated rings. The van der Waals surface area contributed by atoms with Crippen molar-refractivity contribution < 1.29 is 0 Å². The van der Waals surface area contributed by atoms with Crippen molar-refractivity contribution in [3.63, 3.8) is 0 Å². The zero-order chi connectivity index (χ0) is 18.5. The molecule has 0 saturated carbocycles. The monoisotopic (exact) mass is 361 g/mol. The number of para-hydroxylation sites is 1. The summed E-state index contributed by atoms with van der Waals surface area (Å²) >= 11 is 1.92. The highest BCUT2D eigenvalue weighted by atomic mass is 32.1. The van der Waals surface area contributed by atoms with E-state index in [2.05, 4.69) is 94.2 Å². The molecule has 0 atom stereocenters. The van der Waals surface area contributed by atoms with Gasteiger partial charge >= 0.3 is 0 Å². The summed E-state index contributed by atoms with van der Waals surface area (Å²) in [6.07, 6.45) is 1.02. The number of nitrogens with one attached hydrogen (secondary N) is 1. The van der Waals surface area contributed by atoms with Crippen molar-refractivity contribution in [2.75, 3.05) is 0 Å². The van der Waals surface area contributed by atoms with Crippen LogP contribution in [0.5, 0.6) is 0 Å². The highest BCUT2D eigenvalue weighted by Crippen LogP contribution is 2.36. The van der Waals surface area contributed by atoms with Crippen LogP contribution in [0.4, 0.5) is 0 Å². The standard InChI is InChI=1S/C24H27NS/c1-23(2,3)22-14-18-12-16(10-11-20(18)26-22)15-24(4,5)21-13-17-8-6-7-9-19(17)25-21/h6-14,25H,15H2,1-5H3. The maximum atomic E-state index is 3.62. The van der Waals surface area contributed by atoms with Crippen LogP contribution in [0.1, 0.15) is 50.8 Å². The molecule has 4 aromatic rings. The van der Waals surface area contributed by atoms with Gasteiger partial charge in [0, 0.05) is 26.2 Å². The van der Waals surface area contributed by atoms with E-state index in [1.54, 1.807) is 0 Å². The van der Waals surface area contributed by atoms with Gasteiger partial charge in [-0.05, 0) is 52.4 Å². The van der Waals surface area contributed by atoms with Gasteiger partial charge in [-0.15, -0.1) is 11.3 Å². The van der Waals surface area contributed by atoms with Crippen LogP contribution in [0.2, 0.25) is 0 Å². The Morgan fingerprint density at radius 1 is 0.846 bits per heavy atom. The first kappa shape index (κ1) is 17.4. The number of benzene rings is 2. The van der Waals surface area contributed by atoms with Crippen LogP contribution < -0.4 is 0 Å². The molecule has 0 bridgehead atoms. The Hall–Kier alpha value is -2.06. The molecule has 0 unspecified atom stereocenters. The fraction of sp³-hybridized carbons (Fsp3) is 0.333. The summed E-state index contributed by atoms with van der Waals surface area (Å²) in [5, 5.41) is 2.67. The summed E-state index contributed by atoms with van der Waals surface area (Å²) in [7, 11) is 0. The highest BCUT2D eigenvalue weighted by Gasteiger charge is 2.24. The second-order valence-corrected chi connectivity index (χ2v) is 10.1. The molecule has 0 amide bonds. The lowest BCUT2D eigenvalue weighted by Gasteiger charge is -2.23. The number of fused-ring (bicyclic) bond motifs is 2. The predicted octanol–water partition coefficient (Wildman–Crippen LogP) is 7.20. The molecule has 1 N–H and O–H groups in total. The molecule has 0 saturated heterocycles. The number of hydrogen-bond donors (Lipinski definition) is 1. The van der Waals surface area contributed by atoms with Crippen molar-refractivity contribution in [1.29, 1.82) is 0 Å². The fourth-order valence-electron chi connectivity index (χ4n) is 3.62. The molecule has 2 aromatic carbocycles. The smallest absolute Gasteiger partial charge is 0.0456 e. The van der Waals surface area contributed by atoms with E-state index >= 15 is 0 Å². The zero-order valence-electron chi connectivity index (χ0n) is 16.3. The zero-order valence-corrected chi connectivity index (χ0v) is 17.1. The minimum absolute atomic E-state index is 0.0651. The van der Waals surface area contributed by atoms with Crippen molar-refractivity contribution in [1.82, 2.24) is 4.98 Å². The quantitative estimate of drug-likeness (QED) is 0.397. The summed E-state index contributed by atoms with van der Waals surface area (Å²) in [6, 6.07) is 20.2. The molecule has 2 aromatic heterocycles. The lowest BCUT2D eigenvalue weighted by atomic mass is 9.82. The average molecular weight is 362 g/mol. The predicted molar refractivity (Wildman–Crippen MR) is 116 cm³/mol. The number of H-pyrrole nitrogens is 1. The van der Waals surface area contributed by atoms with Gasteiger partial charge in [0.05, 0.1) is 0 Å². The number of hydrogen-bond acceptors (Lipinski definition) is 1. The van der Waals surface area contributed by atoms with Crippen molar-refractivity contribution >= 4 is 32.3 Å². The number of thiophene rings is 1. The van der Waals surface area contributed by atoms with Crippen molar-refractivity contribution in [3.8, 4) is 0 Å². The second kappa shape index (κ2) is 5.99. The Balaban J connectivity index is 1.66. The van der Waals surface area contributed by atoms with Crippen molar-refractivity contribution in [3.05, 3.63) is 70.7 Å². The van der Waals surface area contributed by atoms with Crippen LogP contribution in [-0.4, -0.2) is 4.98 Å². The molecule has 26 heavy (non-hydrogen) atoms. The van der Waals surface area contributed by atoms with Crippen LogP contribution in [0.3, 0.4) is 0 Å². The summed E-state index contributed by atoms with van der Waals surface area (Å²) < 4.78 is 1.39. The number of rotatable bonds is 3. The summed E-state index contributed by atoms with van der Waals surface area (Å²) in [6.45, 7) is 11.5. The van der Waals surface area contributed by atoms with Gasteiger partial charge in [0.2, 0.25) is 0 Å². The third kappa shape index (κ3) is 3.19. The molecule has 0 radical (unpaired) electrons. The molecule has 0 spiro atoms. The Kier molecular flexibility index (Phi) is 4.00. The Morgan fingerprint density at radius 2 is 1.62 bits per heavy atom. The van der Waals surface area contributed by atoms with Gasteiger partial charge in [-0.1, -0.05) is 65.0 Å². The molecule has 134 valence electrons. The Labute approximate surface area is 160 Å². The first-order valence-corrected chi connectivity index (χ1v) is 10.2. The van der Waals surface area contributed by atoms with E-state index in [1.165, 1.54) is 37.1 Å². The Bertz CT molecular complexity index is 1040. The van der Waals surface area contributed by atoms with E-state index in [0.29, 0.717) is 0 Å². The first-order chi connectivity index (χ1) is 12.2. The molecular formula is C24H27NS. The maximum Gasteiger partial charge on any atom is 0.0456 e. The molecule has 2 heterocycles. The summed E-state index contributed by atoms with van der Waals surface area (Å²) in [4.78, 5) is 5.08. The Morgan fingerprint density at radius 3 is 2.35 bits per heavy atom. The van der Waals surface area contributed by atoms with Gasteiger partial charge in [0.25, 0.3) is 0 Å². The van der Waals surface area contributed by atoms with Crippen molar-refractivity contribution in [2.24, 2.45) is 0 Å². The van der Waals surface area contributed by atoms with Gasteiger partial charge in [-0.2, -0.15) is 0 Å². The van der Waals surface area contributed by atoms with E-state index in [1.807, 2.05) is 11.3 Å². The number of aromatic amines is 1. The van der Waals surface area contributed by atoms with Crippen LogP contribution in [0.25, 0.3) is 21.0 Å². The minimum Gasteiger partial charge on any atom is -0.358 e. The van der Waals surface area contributed by atoms with Gasteiger partial charge in [-0.25, -0.2) is 0 Å². The van der Waals surface area contributed by atoms with Crippen LogP contribution >= 0.6 is 11.3 Å². The van der Waals surface area contributed by atoms with Gasteiger partial charge in [0.1, 0.15) is 0 Å². The van der Waals surface area contributed by atoms with Gasteiger partial charge < -0.3 is 4.98 Å². The van der Waals surface area contributed by atoms with Crippen LogP contribution in [0.15, 0.2) is 54.6 Å². The van der Waals surface area contributed by atoms with Crippen molar-refractivity contribution in [2.45, 2.75) is 51.9 Å². The van der Waals surface area contributed by atoms with E-state index in [0.717, 1.165) is 6.42 Å². The van der Waals surface area contributed by atoms with E-state index in [-0.39, 0.29) is 10.8 Å². The topological polar surface area (TPSA) is 15.8 Å². The molecular weight excluding hydrogens is 334 g/mol. The first-order valence-electron chi connectivity index (χ1n) is 9.34. The lowest BCUT2D eigenvalue weighted by molar-refractivity contribution is 0.510. The van der Waals surface area contributed by atoms with Gasteiger partial charge in [-0.3, -0.25) is 0 Å². The number of aromatic nitrogens is 1. The second-order valence-electron chi connectivity index (χ2n) is 9.06. The van der Waals surface area contributed by atoms with E-state index in [9.17, 15) is 0 Å². The summed E-state index contributed by atoms with van der Waals surface area (Å²) in [5.41, 5.74) is 4.21. The summed E-state index contributed by atoms with van der Waals surface area (Å²) in [5.74, 6) is 0. The molecule has 2 heteroatoms. The minimum atomic E-state index is 0.0651. The molecule has 1 nitrogen and oxygen atoms in total. The highest BCUT2D eigenvalue weighted by molar-refractivity contribution is 7.19. The third-order valence-corrected chi connectivity index (χ3v) is 6.77. The molecule has 0 aliphatic heterocycles. The fourth-order valence-corrected chi connectivity index (χ4v) is 4.72. The third-order valence-electron chi connectivity index (χ3n) is 5.23. The van der Waals surface area contributed by atoms with Gasteiger partial charge in [0.15, 0.2) is 0 Å². The lowest BCUT2D eigenvalue weighted by Crippen LogP contribution is -2.20.